The minimum absolute atomic E-state index is 0.211. The van der Waals surface area contributed by atoms with Gasteiger partial charge in [-0.1, -0.05) is 11.6 Å². The lowest BCUT2D eigenvalue weighted by atomic mass is 9.97. The van der Waals surface area contributed by atoms with E-state index in [-0.39, 0.29) is 12.5 Å². The number of aliphatic hydroxyl groups excluding tert-OH is 1. The van der Waals surface area contributed by atoms with Crippen molar-refractivity contribution in [1.82, 2.24) is 10.5 Å². The van der Waals surface area contributed by atoms with Crippen molar-refractivity contribution in [2.45, 2.75) is 19.3 Å². The van der Waals surface area contributed by atoms with Crippen molar-refractivity contribution in [3.8, 4) is 0 Å². The maximum atomic E-state index is 11.6. The van der Waals surface area contributed by atoms with Crippen LogP contribution in [0.2, 0.25) is 0 Å². The Balaban J connectivity index is 1.81. The van der Waals surface area contributed by atoms with Gasteiger partial charge in [0.25, 0.3) is 5.91 Å². The van der Waals surface area contributed by atoms with E-state index in [9.17, 15) is 4.79 Å². The molecule has 1 amide bonds. The zero-order valence-electron chi connectivity index (χ0n) is 9.06. The van der Waals surface area contributed by atoms with Gasteiger partial charge in [-0.15, -0.1) is 0 Å². The lowest BCUT2D eigenvalue weighted by Gasteiger charge is -2.17. The molecule has 1 saturated carbocycles. The Bertz CT molecular complexity index is 337. The Morgan fingerprint density at radius 3 is 3.06 bits per heavy atom. The molecule has 0 spiro atoms. The first-order chi connectivity index (χ1) is 7.81. The molecule has 1 aromatic rings. The fraction of sp³-hybridized carbons (Fsp3) is 0.636. The third-order valence-electron chi connectivity index (χ3n) is 3.25. The molecule has 2 atom stereocenters. The number of hydrogen-bond donors (Lipinski definition) is 2. The number of aliphatic hydroxyl groups is 1. The van der Waals surface area contributed by atoms with E-state index in [1.807, 2.05) is 0 Å². The van der Waals surface area contributed by atoms with Gasteiger partial charge in [0.1, 0.15) is 6.26 Å². The van der Waals surface area contributed by atoms with Crippen molar-refractivity contribution in [3.63, 3.8) is 0 Å². The molecular formula is C11H16N2O3. The molecule has 2 unspecified atom stereocenters. The summed E-state index contributed by atoms with van der Waals surface area (Å²) < 4.78 is 4.60. The van der Waals surface area contributed by atoms with E-state index >= 15 is 0 Å². The fourth-order valence-electron chi connectivity index (χ4n) is 2.27. The van der Waals surface area contributed by atoms with Crippen LogP contribution in [-0.4, -0.2) is 29.3 Å². The van der Waals surface area contributed by atoms with Gasteiger partial charge in [-0.2, -0.15) is 0 Å². The summed E-state index contributed by atoms with van der Waals surface area (Å²) in [4.78, 5) is 11.6. The van der Waals surface area contributed by atoms with Crippen LogP contribution in [-0.2, 0) is 0 Å². The third kappa shape index (κ3) is 2.41. The smallest absolute Gasteiger partial charge is 0.273 e. The van der Waals surface area contributed by atoms with Gasteiger partial charge < -0.3 is 14.9 Å². The van der Waals surface area contributed by atoms with Crippen LogP contribution in [0, 0.1) is 11.8 Å². The summed E-state index contributed by atoms with van der Waals surface area (Å²) in [5, 5.41) is 15.5. The highest BCUT2D eigenvalue weighted by molar-refractivity contribution is 5.91. The van der Waals surface area contributed by atoms with Crippen LogP contribution < -0.4 is 5.32 Å². The summed E-state index contributed by atoms with van der Waals surface area (Å²) in [5.41, 5.74) is 0.304. The number of rotatable bonds is 4. The predicted molar refractivity (Wildman–Crippen MR) is 56.8 cm³/mol. The van der Waals surface area contributed by atoms with Crippen molar-refractivity contribution in [2.75, 3.05) is 13.2 Å². The first-order valence-corrected chi connectivity index (χ1v) is 5.60. The fourth-order valence-corrected chi connectivity index (χ4v) is 2.27. The quantitative estimate of drug-likeness (QED) is 0.793. The zero-order valence-corrected chi connectivity index (χ0v) is 9.06. The minimum Gasteiger partial charge on any atom is -0.396 e. The van der Waals surface area contributed by atoms with Gasteiger partial charge in [0.05, 0.1) is 0 Å². The van der Waals surface area contributed by atoms with Crippen LogP contribution in [0.15, 0.2) is 16.9 Å². The Labute approximate surface area is 93.8 Å². The summed E-state index contributed by atoms with van der Waals surface area (Å²) in [6.07, 6.45) is 4.64. The maximum Gasteiger partial charge on any atom is 0.273 e. The summed E-state index contributed by atoms with van der Waals surface area (Å²) in [6.45, 7) is 0.821. The second-order valence-electron chi connectivity index (χ2n) is 4.23. The van der Waals surface area contributed by atoms with Crippen molar-refractivity contribution < 1.29 is 14.4 Å². The molecule has 1 aliphatic carbocycles. The molecule has 0 radical (unpaired) electrons. The van der Waals surface area contributed by atoms with Gasteiger partial charge >= 0.3 is 0 Å². The van der Waals surface area contributed by atoms with Crippen LogP contribution in [0.5, 0.6) is 0 Å². The Morgan fingerprint density at radius 2 is 2.38 bits per heavy atom. The van der Waals surface area contributed by atoms with Crippen molar-refractivity contribution in [3.05, 3.63) is 18.0 Å². The molecule has 1 aliphatic rings. The molecule has 88 valence electrons. The molecule has 5 nitrogen and oxygen atoms in total. The van der Waals surface area contributed by atoms with Crippen molar-refractivity contribution >= 4 is 5.91 Å². The molecule has 0 aromatic carbocycles. The van der Waals surface area contributed by atoms with Crippen molar-refractivity contribution in [1.29, 1.82) is 0 Å². The van der Waals surface area contributed by atoms with Crippen LogP contribution >= 0.6 is 0 Å². The SMILES string of the molecule is O=C(NCC1CCCC1CO)c1ccon1. The molecular weight excluding hydrogens is 208 g/mol. The normalized spacial score (nSPS) is 24.6. The largest absolute Gasteiger partial charge is 0.396 e. The van der Waals surface area contributed by atoms with Crippen LogP contribution in [0.4, 0.5) is 0 Å². The van der Waals surface area contributed by atoms with Gasteiger partial charge in [-0.25, -0.2) is 0 Å². The highest BCUT2D eigenvalue weighted by atomic mass is 16.5. The molecule has 0 saturated heterocycles. The summed E-state index contributed by atoms with van der Waals surface area (Å²) in [7, 11) is 0. The minimum atomic E-state index is -0.211. The first-order valence-electron chi connectivity index (χ1n) is 5.60. The second-order valence-corrected chi connectivity index (χ2v) is 4.23. The van der Waals surface area contributed by atoms with Gasteiger partial charge in [0.2, 0.25) is 0 Å². The van der Waals surface area contributed by atoms with Gasteiger partial charge in [-0.05, 0) is 24.7 Å². The number of carbonyl (C=O) groups is 1. The number of amides is 1. The van der Waals surface area contributed by atoms with Gasteiger partial charge in [0.15, 0.2) is 5.69 Å². The van der Waals surface area contributed by atoms with E-state index < -0.39 is 0 Å². The van der Waals surface area contributed by atoms with Crippen LogP contribution in [0.1, 0.15) is 29.8 Å². The predicted octanol–water partition coefficient (Wildman–Crippen LogP) is 0.813. The number of carbonyl (C=O) groups excluding carboxylic acids is 1. The molecule has 5 heteroatoms. The standard InChI is InChI=1S/C11H16N2O3/c14-7-9-3-1-2-8(9)6-12-11(15)10-4-5-16-13-10/h4-5,8-9,14H,1-3,6-7H2,(H,12,15). The van der Waals surface area contributed by atoms with Crippen LogP contribution in [0.3, 0.4) is 0 Å². The van der Waals surface area contributed by atoms with Crippen molar-refractivity contribution in [2.24, 2.45) is 11.8 Å². The number of nitrogens with one attached hydrogen (secondary N) is 1. The van der Waals surface area contributed by atoms with Crippen LogP contribution in [0.25, 0.3) is 0 Å². The number of nitrogens with zero attached hydrogens (tertiary/aromatic N) is 1. The molecule has 0 bridgehead atoms. The molecule has 1 fully saturated rings. The molecule has 1 heterocycles. The zero-order chi connectivity index (χ0) is 11.4. The Hall–Kier alpha value is -1.36. The average molecular weight is 224 g/mol. The topological polar surface area (TPSA) is 75.4 Å². The molecule has 0 aliphatic heterocycles. The third-order valence-corrected chi connectivity index (χ3v) is 3.25. The number of aromatic nitrogens is 1. The highest BCUT2D eigenvalue weighted by Gasteiger charge is 2.26. The second kappa shape index (κ2) is 5.12. The monoisotopic (exact) mass is 224 g/mol. The van der Waals surface area contributed by atoms with Gasteiger partial charge in [0, 0.05) is 19.2 Å². The summed E-state index contributed by atoms with van der Waals surface area (Å²) >= 11 is 0. The van der Waals surface area contributed by atoms with E-state index in [1.54, 1.807) is 0 Å². The summed E-state index contributed by atoms with van der Waals surface area (Å²) in [5.74, 6) is 0.510. The van der Waals surface area contributed by atoms with Gasteiger partial charge in [-0.3, -0.25) is 4.79 Å². The van der Waals surface area contributed by atoms with E-state index in [2.05, 4.69) is 15.0 Å². The lowest BCUT2D eigenvalue weighted by molar-refractivity contribution is 0.0928. The van der Waals surface area contributed by atoms with E-state index in [1.165, 1.54) is 12.3 Å². The first kappa shape index (κ1) is 11.1. The maximum absolute atomic E-state index is 11.6. The molecule has 1 aromatic heterocycles. The molecule has 2 N–H and O–H groups in total. The number of hydrogen-bond acceptors (Lipinski definition) is 4. The van der Waals surface area contributed by atoms with E-state index in [4.69, 9.17) is 5.11 Å². The lowest BCUT2D eigenvalue weighted by Crippen LogP contribution is -2.31. The average Bonchev–Trinajstić information content (AvgIpc) is 2.96. The Kier molecular flexibility index (Phi) is 3.56. The Morgan fingerprint density at radius 1 is 1.56 bits per heavy atom. The van der Waals surface area contributed by atoms with E-state index in [0.717, 1.165) is 19.3 Å². The molecule has 16 heavy (non-hydrogen) atoms. The van der Waals surface area contributed by atoms with E-state index in [0.29, 0.717) is 24.1 Å². The summed E-state index contributed by atoms with van der Waals surface area (Å²) in [6, 6.07) is 1.54. The highest BCUT2D eigenvalue weighted by Crippen LogP contribution is 2.30. The molecule has 2 rings (SSSR count).